The van der Waals surface area contributed by atoms with Crippen LogP contribution >= 0.6 is 0 Å². The molecule has 124 valence electrons. The first kappa shape index (κ1) is 17.2. The van der Waals surface area contributed by atoms with E-state index in [0.717, 1.165) is 12.0 Å². The third-order valence-electron chi connectivity index (χ3n) is 4.36. The van der Waals surface area contributed by atoms with Crippen molar-refractivity contribution in [2.45, 2.75) is 45.6 Å². The monoisotopic (exact) mass is 316 g/mol. The minimum absolute atomic E-state index is 0.122. The van der Waals surface area contributed by atoms with Crippen molar-refractivity contribution in [2.75, 3.05) is 6.54 Å². The molecule has 2 rings (SSSR count). The SMILES string of the molecule is CCC(C)C(=O)NC1CCC(=O)N(CCc2ccccc2)C1=O. The topological polar surface area (TPSA) is 66.5 Å². The fraction of sp³-hybridized carbons (Fsp3) is 0.500. The maximum Gasteiger partial charge on any atom is 0.251 e. The average molecular weight is 316 g/mol. The van der Waals surface area contributed by atoms with Crippen LogP contribution in [0.3, 0.4) is 0 Å². The normalized spacial score (nSPS) is 19.6. The first-order valence-electron chi connectivity index (χ1n) is 8.21. The number of piperidine rings is 1. The summed E-state index contributed by atoms with van der Waals surface area (Å²) < 4.78 is 0. The minimum atomic E-state index is -0.579. The highest BCUT2D eigenvalue weighted by Gasteiger charge is 2.35. The van der Waals surface area contributed by atoms with Crippen LogP contribution in [-0.2, 0) is 20.8 Å². The van der Waals surface area contributed by atoms with Gasteiger partial charge in [0.15, 0.2) is 0 Å². The molecule has 1 aromatic rings. The van der Waals surface area contributed by atoms with Gasteiger partial charge in [-0.1, -0.05) is 44.2 Å². The molecule has 1 aliphatic rings. The first-order chi connectivity index (χ1) is 11.0. The van der Waals surface area contributed by atoms with Crippen molar-refractivity contribution in [2.24, 2.45) is 5.92 Å². The molecule has 1 aromatic carbocycles. The Kier molecular flexibility index (Phi) is 5.90. The van der Waals surface area contributed by atoms with Crippen molar-refractivity contribution < 1.29 is 14.4 Å². The standard InChI is InChI=1S/C18H24N2O3/c1-3-13(2)17(22)19-15-9-10-16(21)20(18(15)23)12-11-14-7-5-4-6-8-14/h4-8,13,15H,3,9-12H2,1-2H3,(H,19,22). The third kappa shape index (κ3) is 4.41. The highest BCUT2D eigenvalue weighted by atomic mass is 16.2. The van der Waals surface area contributed by atoms with Gasteiger partial charge in [-0.3, -0.25) is 19.3 Å². The fourth-order valence-corrected chi connectivity index (χ4v) is 2.59. The van der Waals surface area contributed by atoms with Gasteiger partial charge in [0, 0.05) is 18.9 Å². The number of rotatable bonds is 6. The number of nitrogens with one attached hydrogen (secondary N) is 1. The summed E-state index contributed by atoms with van der Waals surface area (Å²) in [6, 6.07) is 9.17. The molecule has 0 bridgehead atoms. The lowest BCUT2D eigenvalue weighted by atomic mass is 10.0. The Bertz CT molecular complexity index is 571. The molecule has 1 N–H and O–H groups in total. The van der Waals surface area contributed by atoms with Crippen LogP contribution in [-0.4, -0.2) is 35.2 Å². The van der Waals surface area contributed by atoms with Gasteiger partial charge < -0.3 is 5.32 Å². The molecular formula is C18H24N2O3. The lowest BCUT2D eigenvalue weighted by Crippen LogP contribution is -2.55. The zero-order valence-corrected chi connectivity index (χ0v) is 13.7. The summed E-state index contributed by atoms with van der Waals surface area (Å²) in [5.74, 6) is -0.685. The van der Waals surface area contributed by atoms with Crippen LogP contribution in [0.4, 0.5) is 0 Å². The van der Waals surface area contributed by atoms with E-state index >= 15 is 0 Å². The van der Waals surface area contributed by atoms with Crippen molar-refractivity contribution in [1.29, 1.82) is 0 Å². The predicted octanol–water partition coefficient (Wildman–Crippen LogP) is 1.91. The number of amides is 3. The molecule has 1 fully saturated rings. The van der Waals surface area contributed by atoms with Gasteiger partial charge in [-0.15, -0.1) is 0 Å². The maximum absolute atomic E-state index is 12.5. The molecule has 0 aromatic heterocycles. The highest BCUT2D eigenvalue weighted by Crippen LogP contribution is 2.15. The Hall–Kier alpha value is -2.17. The van der Waals surface area contributed by atoms with Crippen LogP contribution in [0.15, 0.2) is 30.3 Å². The van der Waals surface area contributed by atoms with Gasteiger partial charge in [-0.2, -0.15) is 0 Å². The van der Waals surface area contributed by atoms with Crippen LogP contribution in [0.2, 0.25) is 0 Å². The van der Waals surface area contributed by atoms with Crippen molar-refractivity contribution in [1.82, 2.24) is 10.2 Å². The molecule has 5 nitrogen and oxygen atoms in total. The molecule has 0 radical (unpaired) electrons. The van der Waals surface area contributed by atoms with Crippen molar-refractivity contribution in [3.63, 3.8) is 0 Å². The second-order valence-electron chi connectivity index (χ2n) is 6.03. The molecule has 1 aliphatic heterocycles. The molecule has 2 unspecified atom stereocenters. The average Bonchev–Trinajstić information content (AvgIpc) is 2.57. The molecule has 1 heterocycles. The Balaban J connectivity index is 1.97. The molecule has 23 heavy (non-hydrogen) atoms. The van der Waals surface area contributed by atoms with Gasteiger partial charge in [0.05, 0.1) is 0 Å². The smallest absolute Gasteiger partial charge is 0.251 e. The van der Waals surface area contributed by atoms with E-state index in [0.29, 0.717) is 25.8 Å². The van der Waals surface area contributed by atoms with E-state index in [4.69, 9.17) is 0 Å². The quantitative estimate of drug-likeness (QED) is 0.815. The number of nitrogens with zero attached hydrogens (tertiary/aromatic N) is 1. The fourth-order valence-electron chi connectivity index (χ4n) is 2.59. The summed E-state index contributed by atoms with van der Waals surface area (Å²) in [6.07, 6.45) is 2.04. The van der Waals surface area contributed by atoms with Crippen LogP contribution in [0.1, 0.15) is 38.7 Å². The first-order valence-corrected chi connectivity index (χ1v) is 8.21. The number of likely N-dealkylation sites (tertiary alicyclic amines) is 1. The van der Waals surface area contributed by atoms with Crippen LogP contribution in [0.25, 0.3) is 0 Å². The van der Waals surface area contributed by atoms with E-state index in [1.807, 2.05) is 44.2 Å². The minimum Gasteiger partial charge on any atom is -0.344 e. The van der Waals surface area contributed by atoms with Crippen LogP contribution in [0, 0.1) is 5.92 Å². The molecule has 1 saturated heterocycles. The summed E-state index contributed by atoms with van der Waals surface area (Å²) in [7, 11) is 0. The van der Waals surface area contributed by atoms with Gasteiger partial charge in [-0.05, 0) is 24.8 Å². The molecule has 5 heteroatoms. The number of carbonyl (C=O) groups is 3. The summed E-state index contributed by atoms with van der Waals surface area (Å²) in [4.78, 5) is 37.8. The van der Waals surface area contributed by atoms with Crippen molar-refractivity contribution >= 4 is 17.7 Å². The van der Waals surface area contributed by atoms with Gasteiger partial charge in [0.1, 0.15) is 6.04 Å². The molecule has 3 amide bonds. The summed E-state index contributed by atoms with van der Waals surface area (Å²) >= 11 is 0. The number of benzene rings is 1. The Morgan fingerprint density at radius 2 is 2.00 bits per heavy atom. The van der Waals surface area contributed by atoms with E-state index in [1.165, 1.54) is 4.90 Å². The molecule has 2 atom stereocenters. The van der Waals surface area contributed by atoms with E-state index in [9.17, 15) is 14.4 Å². The van der Waals surface area contributed by atoms with Gasteiger partial charge >= 0.3 is 0 Å². The number of hydrogen-bond donors (Lipinski definition) is 1. The second-order valence-corrected chi connectivity index (χ2v) is 6.03. The highest BCUT2D eigenvalue weighted by molar-refractivity contribution is 6.01. The lowest BCUT2D eigenvalue weighted by Gasteiger charge is -2.31. The van der Waals surface area contributed by atoms with E-state index < -0.39 is 6.04 Å². The molecule has 0 aliphatic carbocycles. The number of carbonyl (C=O) groups excluding carboxylic acids is 3. The summed E-state index contributed by atoms with van der Waals surface area (Å²) in [5, 5.41) is 2.79. The largest absolute Gasteiger partial charge is 0.344 e. The lowest BCUT2D eigenvalue weighted by molar-refractivity contribution is -0.151. The van der Waals surface area contributed by atoms with E-state index in [2.05, 4.69) is 5.32 Å². The second kappa shape index (κ2) is 7.90. The predicted molar refractivity (Wildman–Crippen MR) is 87.5 cm³/mol. The number of imide groups is 1. The Labute approximate surface area is 137 Å². The van der Waals surface area contributed by atoms with Gasteiger partial charge in [-0.25, -0.2) is 0 Å². The van der Waals surface area contributed by atoms with Gasteiger partial charge in [0.25, 0.3) is 5.91 Å². The summed E-state index contributed by atoms with van der Waals surface area (Å²) in [5.41, 5.74) is 1.08. The van der Waals surface area contributed by atoms with E-state index in [1.54, 1.807) is 0 Å². The third-order valence-corrected chi connectivity index (χ3v) is 4.36. The Morgan fingerprint density at radius 3 is 2.65 bits per heavy atom. The van der Waals surface area contributed by atoms with Crippen LogP contribution in [0.5, 0.6) is 0 Å². The molecule has 0 spiro atoms. The molecule has 0 saturated carbocycles. The maximum atomic E-state index is 12.5. The van der Waals surface area contributed by atoms with Gasteiger partial charge in [0.2, 0.25) is 11.8 Å². The summed E-state index contributed by atoms with van der Waals surface area (Å²) in [6.45, 7) is 4.13. The number of hydrogen-bond acceptors (Lipinski definition) is 3. The Morgan fingerprint density at radius 1 is 1.30 bits per heavy atom. The van der Waals surface area contributed by atoms with Crippen molar-refractivity contribution in [3.05, 3.63) is 35.9 Å². The zero-order chi connectivity index (χ0) is 16.8. The zero-order valence-electron chi connectivity index (χ0n) is 13.7. The van der Waals surface area contributed by atoms with Crippen LogP contribution < -0.4 is 5.32 Å². The van der Waals surface area contributed by atoms with Crippen molar-refractivity contribution in [3.8, 4) is 0 Å². The molecular weight excluding hydrogens is 292 g/mol. The van der Waals surface area contributed by atoms with E-state index in [-0.39, 0.29) is 23.6 Å².